The number of aromatic amines is 1. The number of methoxy groups -OCH3 is 1. The Morgan fingerprint density at radius 3 is 2.78 bits per heavy atom. The number of fused-ring (bicyclic) bond motifs is 1. The lowest BCUT2D eigenvalue weighted by Crippen LogP contribution is -2.23. The number of aromatic nitrogens is 4. The van der Waals surface area contributed by atoms with E-state index in [0.29, 0.717) is 6.61 Å². The van der Waals surface area contributed by atoms with Gasteiger partial charge in [0, 0.05) is 43.7 Å². The van der Waals surface area contributed by atoms with Crippen LogP contribution in [-0.4, -0.2) is 47.5 Å². The molecular weight excluding hydrogens is 290 g/mol. The van der Waals surface area contributed by atoms with Gasteiger partial charge >= 0.3 is 0 Å². The van der Waals surface area contributed by atoms with Gasteiger partial charge in [-0.3, -0.25) is 10.1 Å². The molecular formula is C17H21N5O. The Morgan fingerprint density at radius 1 is 1.26 bits per heavy atom. The third kappa shape index (κ3) is 3.03. The van der Waals surface area contributed by atoms with E-state index in [1.54, 1.807) is 7.11 Å². The number of rotatable bonds is 5. The highest BCUT2D eigenvalue weighted by atomic mass is 16.5. The summed E-state index contributed by atoms with van der Waals surface area (Å²) in [5.41, 5.74) is 5.83. The van der Waals surface area contributed by atoms with Crippen LogP contribution in [-0.2, 0) is 4.74 Å². The molecule has 0 radical (unpaired) electrons. The molecule has 0 unspecified atom stereocenters. The van der Waals surface area contributed by atoms with Gasteiger partial charge < -0.3 is 9.64 Å². The lowest BCUT2D eigenvalue weighted by Gasteiger charge is -2.19. The molecule has 0 saturated heterocycles. The Bertz CT molecular complexity index is 810. The van der Waals surface area contributed by atoms with Crippen molar-refractivity contribution in [3.8, 4) is 11.1 Å². The Kier molecular flexibility index (Phi) is 4.25. The molecule has 0 atom stereocenters. The van der Waals surface area contributed by atoms with E-state index in [9.17, 15) is 0 Å². The summed E-state index contributed by atoms with van der Waals surface area (Å²) < 4.78 is 5.16. The summed E-state index contributed by atoms with van der Waals surface area (Å²) in [4.78, 5) is 11.2. The molecule has 1 N–H and O–H groups in total. The minimum atomic E-state index is 0.655. The average Bonchev–Trinajstić information content (AvgIpc) is 2.94. The van der Waals surface area contributed by atoms with E-state index in [1.807, 2.05) is 33.2 Å². The van der Waals surface area contributed by atoms with E-state index in [4.69, 9.17) is 9.72 Å². The molecule has 0 aliphatic carbocycles. The number of ether oxygens (including phenoxy) is 1. The maximum absolute atomic E-state index is 5.16. The summed E-state index contributed by atoms with van der Waals surface area (Å²) in [6.45, 7) is 5.37. The van der Waals surface area contributed by atoms with E-state index >= 15 is 0 Å². The Hall–Kier alpha value is -2.47. The highest BCUT2D eigenvalue weighted by Gasteiger charge is 2.14. The standard InChI is InChI=1S/C17H21N5O/c1-11-5-6-13(10-18-11)14-9-15(22(3)7-8-23-4)19-16-12(2)20-21-17(14)16/h5-6,9-10H,7-8H2,1-4H3,(H,20,21). The van der Waals surface area contributed by atoms with Gasteiger partial charge in [-0.2, -0.15) is 5.10 Å². The number of H-pyrrole nitrogens is 1. The van der Waals surface area contributed by atoms with Crippen LogP contribution >= 0.6 is 0 Å². The van der Waals surface area contributed by atoms with Crippen molar-refractivity contribution in [3.63, 3.8) is 0 Å². The smallest absolute Gasteiger partial charge is 0.129 e. The molecule has 0 bridgehead atoms. The first-order valence-corrected chi connectivity index (χ1v) is 7.59. The maximum atomic E-state index is 5.16. The van der Waals surface area contributed by atoms with Gasteiger partial charge in [0.2, 0.25) is 0 Å². The van der Waals surface area contributed by atoms with Gasteiger partial charge in [-0.05, 0) is 26.0 Å². The second-order valence-electron chi connectivity index (χ2n) is 5.66. The summed E-state index contributed by atoms with van der Waals surface area (Å²) >= 11 is 0. The zero-order valence-electron chi connectivity index (χ0n) is 13.9. The number of hydrogen-bond acceptors (Lipinski definition) is 5. The van der Waals surface area contributed by atoms with E-state index in [0.717, 1.165) is 45.9 Å². The number of nitrogens with zero attached hydrogens (tertiary/aromatic N) is 4. The van der Waals surface area contributed by atoms with Gasteiger partial charge in [0.05, 0.1) is 17.8 Å². The fourth-order valence-electron chi connectivity index (χ4n) is 2.49. The van der Waals surface area contributed by atoms with Gasteiger partial charge in [0.25, 0.3) is 0 Å². The number of hydrogen-bond donors (Lipinski definition) is 1. The molecule has 23 heavy (non-hydrogen) atoms. The van der Waals surface area contributed by atoms with Crippen molar-refractivity contribution in [2.45, 2.75) is 13.8 Å². The van der Waals surface area contributed by atoms with E-state index < -0.39 is 0 Å². The first-order chi connectivity index (χ1) is 11.1. The summed E-state index contributed by atoms with van der Waals surface area (Å²) in [5, 5.41) is 7.41. The Labute approximate surface area is 135 Å². The van der Waals surface area contributed by atoms with Crippen molar-refractivity contribution in [1.29, 1.82) is 0 Å². The number of likely N-dealkylation sites (N-methyl/N-ethyl adjacent to an activating group) is 1. The third-order valence-corrected chi connectivity index (χ3v) is 3.93. The molecule has 0 aliphatic heterocycles. The fourth-order valence-corrected chi connectivity index (χ4v) is 2.49. The van der Waals surface area contributed by atoms with E-state index in [2.05, 4.69) is 32.2 Å². The zero-order chi connectivity index (χ0) is 16.4. The largest absolute Gasteiger partial charge is 0.383 e. The van der Waals surface area contributed by atoms with Gasteiger partial charge in [-0.25, -0.2) is 4.98 Å². The van der Waals surface area contributed by atoms with Crippen molar-refractivity contribution in [2.75, 3.05) is 32.2 Å². The van der Waals surface area contributed by atoms with Gasteiger partial charge in [-0.1, -0.05) is 6.07 Å². The van der Waals surface area contributed by atoms with Crippen molar-refractivity contribution in [3.05, 3.63) is 35.8 Å². The predicted molar refractivity (Wildman–Crippen MR) is 91.7 cm³/mol. The lowest BCUT2D eigenvalue weighted by atomic mass is 10.1. The quantitative estimate of drug-likeness (QED) is 0.785. The van der Waals surface area contributed by atoms with Crippen molar-refractivity contribution in [1.82, 2.24) is 20.2 Å². The van der Waals surface area contributed by atoms with E-state index in [-0.39, 0.29) is 0 Å². The summed E-state index contributed by atoms with van der Waals surface area (Å²) in [6.07, 6.45) is 1.89. The molecule has 0 aromatic carbocycles. The Balaban J connectivity index is 2.13. The molecule has 6 heteroatoms. The summed E-state index contributed by atoms with van der Waals surface area (Å²) in [7, 11) is 3.72. The van der Waals surface area contributed by atoms with Crippen molar-refractivity contribution < 1.29 is 4.74 Å². The number of nitrogens with one attached hydrogen (secondary N) is 1. The highest BCUT2D eigenvalue weighted by Crippen LogP contribution is 2.30. The van der Waals surface area contributed by atoms with Crippen LogP contribution in [0.5, 0.6) is 0 Å². The molecule has 3 aromatic heterocycles. The topological polar surface area (TPSA) is 66.9 Å². The summed E-state index contributed by atoms with van der Waals surface area (Å²) in [6, 6.07) is 6.16. The van der Waals surface area contributed by atoms with Crippen LogP contribution in [0.3, 0.4) is 0 Å². The molecule has 0 spiro atoms. The van der Waals surface area contributed by atoms with Crippen LogP contribution < -0.4 is 4.90 Å². The van der Waals surface area contributed by atoms with Gasteiger partial charge in [-0.15, -0.1) is 0 Å². The van der Waals surface area contributed by atoms with Crippen molar-refractivity contribution in [2.24, 2.45) is 0 Å². The molecule has 3 heterocycles. The highest BCUT2D eigenvalue weighted by molar-refractivity contribution is 5.94. The monoisotopic (exact) mass is 311 g/mol. The molecule has 0 amide bonds. The minimum absolute atomic E-state index is 0.655. The van der Waals surface area contributed by atoms with Crippen LogP contribution in [0.25, 0.3) is 22.2 Å². The second-order valence-corrected chi connectivity index (χ2v) is 5.66. The first-order valence-electron chi connectivity index (χ1n) is 7.59. The predicted octanol–water partition coefficient (Wildman–Crippen LogP) is 2.72. The zero-order valence-corrected chi connectivity index (χ0v) is 13.9. The molecule has 3 aromatic rings. The van der Waals surface area contributed by atoms with E-state index in [1.165, 1.54) is 0 Å². The normalized spacial score (nSPS) is 11.1. The number of anilines is 1. The molecule has 6 nitrogen and oxygen atoms in total. The van der Waals surface area contributed by atoms with Crippen molar-refractivity contribution >= 4 is 16.9 Å². The maximum Gasteiger partial charge on any atom is 0.129 e. The third-order valence-electron chi connectivity index (χ3n) is 3.93. The lowest BCUT2D eigenvalue weighted by molar-refractivity contribution is 0.206. The average molecular weight is 311 g/mol. The first kappa shape index (κ1) is 15.4. The molecule has 0 saturated carbocycles. The molecule has 0 aliphatic rings. The fraction of sp³-hybridized carbons (Fsp3) is 0.353. The number of pyridine rings is 2. The number of aryl methyl sites for hydroxylation is 2. The Morgan fingerprint density at radius 2 is 2.09 bits per heavy atom. The van der Waals surface area contributed by atoms with Crippen LogP contribution in [0, 0.1) is 13.8 Å². The molecule has 120 valence electrons. The van der Waals surface area contributed by atoms with Crippen LogP contribution in [0.1, 0.15) is 11.4 Å². The molecule has 0 fully saturated rings. The van der Waals surface area contributed by atoms with Crippen LogP contribution in [0.15, 0.2) is 24.4 Å². The minimum Gasteiger partial charge on any atom is -0.383 e. The van der Waals surface area contributed by atoms with Crippen LogP contribution in [0.2, 0.25) is 0 Å². The SMILES string of the molecule is COCCN(C)c1cc(-c2ccc(C)nc2)c2[nH]nc(C)c2n1. The molecule has 3 rings (SSSR count). The van der Waals surface area contributed by atoms with Crippen LogP contribution in [0.4, 0.5) is 5.82 Å². The van der Waals surface area contributed by atoms with Gasteiger partial charge in [0.15, 0.2) is 0 Å². The second kappa shape index (κ2) is 6.34. The van der Waals surface area contributed by atoms with Gasteiger partial charge in [0.1, 0.15) is 11.3 Å². The summed E-state index contributed by atoms with van der Waals surface area (Å²) in [5.74, 6) is 0.898.